The Labute approximate surface area is 173 Å². The number of pyridine rings is 1. The van der Waals surface area contributed by atoms with Gasteiger partial charge in [-0.25, -0.2) is 9.97 Å². The molecular formula is C24H32N4O. The highest BCUT2D eigenvalue weighted by atomic mass is 16.2. The van der Waals surface area contributed by atoms with E-state index in [4.69, 9.17) is 4.98 Å². The molecule has 0 radical (unpaired) electrons. The second-order valence-corrected chi connectivity index (χ2v) is 9.20. The van der Waals surface area contributed by atoms with Crippen molar-refractivity contribution in [3.8, 4) is 11.1 Å². The SMILES string of the molecule is CC(C)c1ncc(-c2ccncc2)c(C2CCC(CNC(=O)[C@H]3C[C@@H]3C)CC2)n1. The van der Waals surface area contributed by atoms with Crippen molar-refractivity contribution in [3.05, 3.63) is 42.2 Å². The molecule has 5 heteroatoms. The van der Waals surface area contributed by atoms with Gasteiger partial charge in [-0.2, -0.15) is 0 Å². The van der Waals surface area contributed by atoms with Crippen LogP contribution in [0.2, 0.25) is 0 Å². The monoisotopic (exact) mass is 392 g/mol. The number of rotatable bonds is 6. The van der Waals surface area contributed by atoms with Crippen LogP contribution in [0.4, 0.5) is 0 Å². The molecule has 2 aliphatic carbocycles. The summed E-state index contributed by atoms with van der Waals surface area (Å²) in [6.45, 7) is 7.27. The number of carbonyl (C=O) groups excluding carboxylic acids is 1. The molecule has 0 bridgehead atoms. The molecule has 1 amide bonds. The molecule has 2 saturated carbocycles. The van der Waals surface area contributed by atoms with Crippen molar-refractivity contribution in [3.63, 3.8) is 0 Å². The third kappa shape index (κ3) is 4.65. The summed E-state index contributed by atoms with van der Waals surface area (Å²) in [4.78, 5) is 25.9. The number of aromatic nitrogens is 3. The number of nitrogens with one attached hydrogen (secondary N) is 1. The van der Waals surface area contributed by atoms with Gasteiger partial charge >= 0.3 is 0 Å². The van der Waals surface area contributed by atoms with Gasteiger partial charge < -0.3 is 5.32 Å². The number of carbonyl (C=O) groups is 1. The van der Waals surface area contributed by atoms with Crippen LogP contribution in [0, 0.1) is 17.8 Å². The van der Waals surface area contributed by atoms with Crippen LogP contribution >= 0.6 is 0 Å². The van der Waals surface area contributed by atoms with E-state index in [0.29, 0.717) is 23.7 Å². The molecule has 2 atom stereocenters. The zero-order valence-corrected chi connectivity index (χ0v) is 17.8. The largest absolute Gasteiger partial charge is 0.356 e. The normalized spacial score (nSPS) is 26.3. The molecule has 4 rings (SSSR count). The van der Waals surface area contributed by atoms with Gasteiger partial charge in [0.15, 0.2) is 0 Å². The van der Waals surface area contributed by atoms with E-state index >= 15 is 0 Å². The first-order valence-electron chi connectivity index (χ1n) is 11.1. The second kappa shape index (κ2) is 8.60. The average Bonchev–Trinajstić information content (AvgIpc) is 3.49. The van der Waals surface area contributed by atoms with Crippen LogP contribution in [-0.4, -0.2) is 27.4 Å². The van der Waals surface area contributed by atoms with Crippen LogP contribution in [0.3, 0.4) is 0 Å². The first kappa shape index (κ1) is 20.0. The van der Waals surface area contributed by atoms with Gasteiger partial charge in [0, 0.05) is 48.5 Å². The topological polar surface area (TPSA) is 67.8 Å². The van der Waals surface area contributed by atoms with Gasteiger partial charge in [-0.05, 0) is 61.6 Å². The Kier molecular flexibility index (Phi) is 5.93. The fourth-order valence-electron chi connectivity index (χ4n) is 4.46. The van der Waals surface area contributed by atoms with Gasteiger partial charge in [-0.1, -0.05) is 20.8 Å². The highest BCUT2D eigenvalue weighted by molar-refractivity contribution is 5.81. The summed E-state index contributed by atoms with van der Waals surface area (Å²) in [7, 11) is 0. The minimum Gasteiger partial charge on any atom is -0.356 e. The van der Waals surface area contributed by atoms with Crippen LogP contribution in [-0.2, 0) is 4.79 Å². The number of amides is 1. The molecule has 2 heterocycles. The molecule has 0 aliphatic heterocycles. The summed E-state index contributed by atoms with van der Waals surface area (Å²) in [5.41, 5.74) is 3.46. The fraction of sp³-hybridized carbons (Fsp3) is 0.583. The van der Waals surface area contributed by atoms with Crippen molar-refractivity contribution in [1.82, 2.24) is 20.3 Å². The smallest absolute Gasteiger partial charge is 0.223 e. The summed E-state index contributed by atoms with van der Waals surface area (Å²) >= 11 is 0. The number of hydrogen-bond donors (Lipinski definition) is 1. The first-order chi connectivity index (χ1) is 14.0. The first-order valence-corrected chi connectivity index (χ1v) is 11.1. The molecule has 2 aliphatic rings. The Hall–Kier alpha value is -2.30. The molecule has 5 nitrogen and oxygen atoms in total. The highest BCUT2D eigenvalue weighted by Crippen LogP contribution is 2.40. The number of hydrogen-bond acceptors (Lipinski definition) is 4. The van der Waals surface area contributed by atoms with Crippen molar-refractivity contribution in [2.24, 2.45) is 17.8 Å². The van der Waals surface area contributed by atoms with Crippen LogP contribution in [0.5, 0.6) is 0 Å². The standard InChI is InChI=1S/C24H32N4O/c1-15(2)23-26-14-21(18-8-10-25-11-9-18)22(28-23)19-6-4-17(5-7-19)13-27-24(29)20-12-16(20)3/h8-11,14-17,19-20H,4-7,12-13H2,1-3H3,(H,27,29)/t16-,17?,19?,20-/m0/s1. The molecule has 0 unspecified atom stereocenters. The summed E-state index contributed by atoms with van der Waals surface area (Å²) in [5, 5.41) is 3.19. The Morgan fingerprint density at radius 3 is 2.48 bits per heavy atom. The molecule has 0 saturated heterocycles. The molecule has 154 valence electrons. The van der Waals surface area contributed by atoms with E-state index in [1.807, 2.05) is 30.7 Å². The molecule has 0 spiro atoms. The van der Waals surface area contributed by atoms with E-state index in [1.165, 1.54) is 5.69 Å². The molecule has 2 fully saturated rings. The molecule has 29 heavy (non-hydrogen) atoms. The van der Waals surface area contributed by atoms with Crippen molar-refractivity contribution < 1.29 is 4.79 Å². The zero-order valence-electron chi connectivity index (χ0n) is 17.8. The Balaban J connectivity index is 1.44. The van der Waals surface area contributed by atoms with E-state index in [1.54, 1.807) is 0 Å². The maximum absolute atomic E-state index is 12.1. The minimum atomic E-state index is 0.261. The lowest BCUT2D eigenvalue weighted by molar-refractivity contribution is -0.122. The predicted molar refractivity (Wildman–Crippen MR) is 114 cm³/mol. The van der Waals surface area contributed by atoms with Crippen molar-refractivity contribution in [2.45, 2.75) is 64.7 Å². The van der Waals surface area contributed by atoms with E-state index in [2.05, 4.69) is 36.1 Å². The van der Waals surface area contributed by atoms with Gasteiger partial charge in [0.05, 0.1) is 5.69 Å². The molecule has 2 aromatic heterocycles. The Bertz CT molecular complexity index is 843. The summed E-state index contributed by atoms with van der Waals surface area (Å²) in [5.74, 6) is 3.38. The van der Waals surface area contributed by atoms with Gasteiger partial charge in [0.1, 0.15) is 5.82 Å². The van der Waals surface area contributed by atoms with Gasteiger partial charge in [-0.3, -0.25) is 9.78 Å². The van der Waals surface area contributed by atoms with Gasteiger partial charge in [0.25, 0.3) is 0 Å². The summed E-state index contributed by atoms with van der Waals surface area (Å²) in [6.07, 6.45) is 11.2. The number of nitrogens with zero attached hydrogens (tertiary/aromatic N) is 3. The van der Waals surface area contributed by atoms with E-state index in [-0.39, 0.29) is 11.8 Å². The molecule has 1 N–H and O–H groups in total. The average molecular weight is 393 g/mol. The van der Waals surface area contributed by atoms with E-state index in [0.717, 1.165) is 55.6 Å². The van der Waals surface area contributed by atoms with Crippen molar-refractivity contribution >= 4 is 5.91 Å². The minimum absolute atomic E-state index is 0.261. The van der Waals surface area contributed by atoms with Crippen LogP contribution in [0.15, 0.2) is 30.7 Å². The summed E-state index contributed by atoms with van der Waals surface area (Å²) in [6, 6.07) is 4.08. The van der Waals surface area contributed by atoms with E-state index in [9.17, 15) is 4.79 Å². The van der Waals surface area contributed by atoms with Crippen LogP contribution in [0.25, 0.3) is 11.1 Å². The van der Waals surface area contributed by atoms with Crippen LogP contribution in [0.1, 0.15) is 76.2 Å². The predicted octanol–water partition coefficient (Wildman–Crippen LogP) is 4.71. The lowest BCUT2D eigenvalue weighted by Crippen LogP contribution is -2.32. The van der Waals surface area contributed by atoms with Gasteiger partial charge in [0.2, 0.25) is 5.91 Å². The Morgan fingerprint density at radius 1 is 1.17 bits per heavy atom. The fourth-order valence-corrected chi connectivity index (χ4v) is 4.46. The third-order valence-corrected chi connectivity index (χ3v) is 6.59. The zero-order chi connectivity index (χ0) is 20.4. The maximum Gasteiger partial charge on any atom is 0.223 e. The molecule has 0 aromatic carbocycles. The van der Waals surface area contributed by atoms with Crippen molar-refractivity contribution in [1.29, 1.82) is 0 Å². The quantitative estimate of drug-likeness (QED) is 0.773. The highest BCUT2D eigenvalue weighted by Gasteiger charge is 2.39. The van der Waals surface area contributed by atoms with Gasteiger partial charge in [-0.15, -0.1) is 0 Å². The lowest BCUT2D eigenvalue weighted by Gasteiger charge is -2.29. The molecule has 2 aromatic rings. The molecular weight excluding hydrogens is 360 g/mol. The Morgan fingerprint density at radius 2 is 1.86 bits per heavy atom. The maximum atomic E-state index is 12.1. The third-order valence-electron chi connectivity index (χ3n) is 6.59. The summed E-state index contributed by atoms with van der Waals surface area (Å²) < 4.78 is 0. The van der Waals surface area contributed by atoms with Crippen LogP contribution < -0.4 is 5.32 Å². The second-order valence-electron chi connectivity index (χ2n) is 9.20. The lowest BCUT2D eigenvalue weighted by atomic mass is 9.79. The van der Waals surface area contributed by atoms with E-state index < -0.39 is 0 Å². The van der Waals surface area contributed by atoms with Crippen molar-refractivity contribution in [2.75, 3.05) is 6.54 Å².